The molecule has 6 heteroatoms. The van der Waals surface area contributed by atoms with E-state index in [0.29, 0.717) is 11.3 Å². The maximum Gasteiger partial charge on any atom is 0.338 e. The highest BCUT2D eigenvalue weighted by atomic mass is 16.5. The van der Waals surface area contributed by atoms with Crippen molar-refractivity contribution in [3.8, 4) is 0 Å². The zero-order valence-corrected chi connectivity index (χ0v) is 15.6. The maximum absolute atomic E-state index is 12.5. The molecule has 2 N–H and O–H groups in total. The number of hydrogen-bond acceptors (Lipinski definition) is 4. The lowest BCUT2D eigenvalue weighted by atomic mass is 9.95. The molecule has 0 spiro atoms. The normalized spacial score (nSPS) is 17.2. The molecule has 0 saturated carbocycles. The lowest BCUT2D eigenvalue weighted by Gasteiger charge is -2.29. The quantitative estimate of drug-likeness (QED) is 0.777. The van der Waals surface area contributed by atoms with E-state index in [0.717, 1.165) is 24.3 Å². The highest BCUT2D eigenvalue weighted by Gasteiger charge is 2.32. The number of anilines is 1. The predicted octanol–water partition coefficient (Wildman–Crippen LogP) is 3.11. The van der Waals surface area contributed by atoms with Crippen molar-refractivity contribution < 1.29 is 14.3 Å². The van der Waals surface area contributed by atoms with Gasteiger partial charge in [-0.25, -0.2) is 9.59 Å². The zero-order valence-electron chi connectivity index (χ0n) is 15.6. The Morgan fingerprint density at radius 2 is 1.80 bits per heavy atom. The number of allylic oxidation sites excluding steroid dienone is 1. The molecule has 1 aromatic carbocycles. The van der Waals surface area contributed by atoms with E-state index in [1.165, 1.54) is 0 Å². The van der Waals surface area contributed by atoms with Crippen LogP contribution in [0.15, 0.2) is 35.5 Å². The zero-order chi connectivity index (χ0) is 18.6. The first-order chi connectivity index (χ1) is 11.9. The van der Waals surface area contributed by atoms with Gasteiger partial charge in [0.25, 0.3) is 0 Å². The molecular weight excluding hydrogens is 318 g/mol. The van der Waals surface area contributed by atoms with Crippen LogP contribution in [0.4, 0.5) is 10.5 Å². The SMILES string of the molecule is CCN(CC)c1ccc([C@H]2NC(=O)NC(C)=C2C(=O)OC(C)C)cc1. The molecule has 0 fully saturated rings. The molecule has 1 aliphatic heterocycles. The van der Waals surface area contributed by atoms with Crippen molar-refractivity contribution in [1.29, 1.82) is 0 Å². The molecule has 1 heterocycles. The van der Waals surface area contributed by atoms with Crippen molar-refractivity contribution in [1.82, 2.24) is 10.6 Å². The standard InChI is InChI=1S/C19H27N3O3/c1-6-22(7-2)15-10-8-14(9-11-15)17-16(18(23)25-12(3)4)13(5)20-19(24)21-17/h8-12,17H,6-7H2,1-5H3,(H2,20,21,24)/t17-/m1/s1. The Balaban J connectivity index is 2.35. The second-order valence-corrected chi connectivity index (χ2v) is 6.29. The Labute approximate surface area is 149 Å². The van der Waals surface area contributed by atoms with Crippen molar-refractivity contribution in [3.05, 3.63) is 41.1 Å². The molecule has 2 amide bonds. The van der Waals surface area contributed by atoms with Crippen LogP contribution in [0.3, 0.4) is 0 Å². The van der Waals surface area contributed by atoms with Gasteiger partial charge in [0.15, 0.2) is 0 Å². The van der Waals surface area contributed by atoms with Crippen LogP contribution in [0.25, 0.3) is 0 Å². The summed E-state index contributed by atoms with van der Waals surface area (Å²) < 4.78 is 5.35. The third-order valence-corrected chi connectivity index (χ3v) is 4.19. The number of esters is 1. The highest BCUT2D eigenvalue weighted by molar-refractivity contribution is 5.95. The molecule has 0 radical (unpaired) electrons. The number of carbonyl (C=O) groups is 2. The predicted molar refractivity (Wildman–Crippen MR) is 98.3 cm³/mol. The summed E-state index contributed by atoms with van der Waals surface area (Å²) in [4.78, 5) is 26.6. The minimum atomic E-state index is -0.522. The van der Waals surface area contributed by atoms with E-state index in [1.807, 2.05) is 24.3 Å². The Hall–Kier alpha value is -2.50. The van der Waals surface area contributed by atoms with Crippen LogP contribution in [0.1, 0.15) is 46.2 Å². The summed E-state index contributed by atoms with van der Waals surface area (Å²) in [5, 5.41) is 5.47. The number of benzene rings is 1. The molecule has 2 rings (SSSR count). The first-order valence-corrected chi connectivity index (χ1v) is 8.71. The molecule has 0 aromatic heterocycles. The number of urea groups is 1. The van der Waals surface area contributed by atoms with Gasteiger partial charge in [-0.05, 0) is 52.3 Å². The minimum Gasteiger partial charge on any atom is -0.459 e. The average molecular weight is 345 g/mol. The molecule has 0 unspecified atom stereocenters. The number of rotatable bonds is 6. The van der Waals surface area contributed by atoms with Gasteiger partial charge in [0.05, 0.1) is 17.7 Å². The van der Waals surface area contributed by atoms with E-state index in [1.54, 1.807) is 20.8 Å². The van der Waals surface area contributed by atoms with Gasteiger partial charge in [-0.3, -0.25) is 0 Å². The summed E-state index contributed by atoms with van der Waals surface area (Å²) in [6.45, 7) is 11.4. The fourth-order valence-electron chi connectivity index (χ4n) is 2.96. The maximum atomic E-state index is 12.5. The van der Waals surface area contributed by atoms with Gasteiger partial charge in [0, 0.05) is 24.5 Å². The third-order valence-electron chi connectivity index (χ3n) is 4.19. The smallest absolute Gasteiger partial charge is 0.338 e. The molecule has 0 aliphatic carbocycles. The Morgan fingerprint density at radius 3 is 2.32 bits per heavy atom. The van der Waals surface area contributed by atoms with Crippen LogP contribution in [-0.4, -0.2) is 31.2 Å². The van der Waals surface area contributed by atoms with Gasteiger partial charge in [0.1, 0.15) is 0 Å². The van der Waals surface area contributed by atoms with E-state index in [-0.39, 0.29) is 12.1 Å². The van der Waals surface area contributed by atoms with E-state index in [2.05, 4.69) is 29.4 Å². The van der Waals surface area contributed by atoms with Crippen molar-refractivity contribution in [2.24, 2.45) is 0 Å². The monoisotopic (exact) mass is 345 g/mol. The Morgan fingerprint density at radius 1 is 1.20 bits per heavy atom. The van der Waals surface area contributed by atoms with Gasteiger partial charge >= 0.3 is 12.0 Å². The van der Waals surface area contributed by atoms with Gasteiger partial charge in [0.2, 0.25) is 0 Å². The van der Waals surface area contributed by atoms with Gasteiger partial charge < -0.3 is 20.3 Å². The van der Waals surface area contributed by atoms with Crippen molar-refractivity contribution in [3.63, 3.8) is 0 Å². The van der Waals surface area contributed by atoms with E-state index < -0.39 is 12.0 Å². The van der Waals surface area contributed by atoms with E-state index >= 15 is 0 Å². The molecule has 1 aromatic rings. The van der Waals surface area contributed by atoms with Crippen molar-refractivity contribution >= 4 is 17.7 Å². The van der Waals surface area contributed by atoms with Crippen LogP contribution >= 0.6 is 0 Å². The molecular formula is C19H27N3O3. The summed E-state index contributed by atoms with van der Waals surface area (Å²) in [6, 6.07) is 7.07. The van der Waals surface area contributed by atoms with Crippen molar-refractivity contribution in [2.75, 3.05) is 18.0 Å². The van der Waals surface area contributed by atoms with Crippen LogP contribution in [0, 0.1) is 0 Å². The summed E-state index contributed by atoms with van der Waals surface area (Å²) >= 11 is 0. The highest BCUT2D eigenvalue weighted by Crippen LogP contribution is 2.29. The van der Waals surface area contributed by atoms with Crippen LogP contribution in [0.2, 0.25) is 0 Å². The molecule has 25 heavy (non-hydrogen) atoms. The Bertz CT molecular complexity index is 661. The topological polar surface area (TPSA) is 70.7 Å². The van der Waals surface area contributed by atoms with Crippen molar-refractivity contribution in [2.45, 2.75) is 46.8 Å². The summed E-state index contributed by atoms with van der Waals surface area (Å²) in [7, 11) is 0. The lowest BCUT2D eigenvalue weighted by Crippen LogP contribution is -2.45. The van der Waals surface area contributed by atoms with Gasteiger partial charge in [-0.1, -0.05) is 12.1 Å². The summed E-state index contributed by atoms with van der Waals surface area (Å²) in [5.41, 5.74) is 2.91. The molecule has 0 saturated heterocycles. The lowest BCUT2D eigenvalue weighted by molar-refractivity contribution is -0.143. The number of carbonyl (C=O) groups excluding carboxylic acids is 2. The third kappa shape index (κ3) is 4.32. The largest absolute Gasteiger partial charge is 0.459 e. The molecule has 0 bridgehead atoms. The number of ether oxygens (including phenoxy) is 1. The second-order valence-electron chi connectivity index (χ2n) is 6.29. The van der Waals surface area contributed by atoms with E-state index in [4.69, 9.17) is 4.74 Å². The number of nitrogens with one attached hydrogen (secondary N) is 2. The minimum absolute atomic E-state index is 0.226. The fourth-order valence-corrected chi connectivity index (χ4v) is 2.96. The summed E-state index contributed by atoms with van der Waals surface area (Å²) in [6.07, 6.45) is -0.226. The van der Waals surface area contributed by atoms with Crippen LogP contribution in [-0.2, 0) is 9.53 Å². The average Bonchev–Trinajstić information content (AvgIpc) is 2.55. The van der Waals surface area contributed by atoms with Gasteiger partial charge in [-0.15, -0.1) is 0 Å². The Kier molecular flexibility index (Phi) is 6.07. The molecule has 6 nitrogen and oxygen atoms in total. The molecule has 1 atom stereocenters. The number of nitrogens with zero attached hydrogens (tertiary/aromatic N) is 1. The number of hydrogen-bond donors (Lipinski definition) is 2. The van der Waals surface area contributed by atoms with E-state index in [9.17, 15) is 9.59 Å². The molecule has 136 valence electrons. The summed E-state index contributed by atoms with van der Waals surface area (Å²) in [5.74, 6) is -0.419. The van der Waals surface area contributed by atoms with Gasteiger partial charge in [-0.2, -0.15) is 0 Å². The first-order valence-electron chi connectivity index (χ1n) is 8.71. The number of amides is 2. The fraction of sp³-hybridized carbons (Fsp3) is 0.474. The van der Waals surface area contributed by atoms with Crippen LogP contribution in [0.5, 0.6) is 0 Å². The van der Waals surface area contributed by atoms with Crippen LogP contribution < -0.4 is 15.5 Å². The second kappa shape index (κ2) is 8.05. The first kappa shape index (κ1) is 18.8. The molecule has 1 aliphatic rings.